The lowest BCUT2D eigenvalue weighted by Gasteiger charge is -2.22. The number of nitrogens with zero attached hydrogens (tertiary/aromatic N) is 4. The number of hydrogen-bond acceptors (Lipinski definition) is 7. The lowest BCUT2D eigenvalue weighted by atomic mass is 10.2. The van der Waals surface area contributed by atoms with Gasteiger partial charge in [0.1, 0.15) is 11.5 Å². The third-order valence-corrected chi connectivity index (χ3v) is 6.67. The summed E-state index contributed by atoms with van der Waals surface area (Å²) in [5, 5.41) is 11.6. The van der Waals surface area contributed by atoms with Crippen molar-refractivity contribution in [3.8, 4) is 0 Å². The summed E-state index contributed by atoms with van der Waals surface area (Å²) in [4.78, 5) is 20.8. The average molecular weight is 457 g/mol. The number of rotatable bonds is 6. The Labute approximate surface area is 178 Å². The molecule has 2 aromatic rings. The Hall–Kier alpha value is -2.23. The quantitative estimate of drug-likeness (QED) is 0.368. The molecule has 8 nitrogen and oxygen atoms in total. The van der Waals surface area contributed by atoms with E-state index in [0.29, 0.717) is 23.8 Å². The number of sulfone groups is 1. The first-order chi connectivity index (χ1) is 13.7. The molecule has 1 aromatic heterocycles. The smallest absolute Gasteiger partial charge is 0.331 e. The molecular weight excluding hydrogens is 439 g/mol. The fourth-order valence-corrected chi connectivity index (χ4v) is 4.92. The predicted octanol–water partition coefficient (Wildman–Crippen LogP) is 3.91. The van der Waals surface area contributed by atoms with Crippen LogP contribution in [-0.4, -0.2) is 47.1 Å². The van der Waals surface area contributed by atoms with Gasteiger partial charge in [0, 0.05) is 23.8 Å². The van der Waals surface area contributed by atoms with Gasteiger partial charge in [-0.25, -0.2) is 18.4 Å². The molecule has 0 radical (unpaired) electrons. The summed E-state index contributed by atoms with van der Waals surface area (Å²) in [5.41, 5.74) is -0.0340. The van der Waals surface area contributed by atoms with Crippen LogP contribution in [0.15, 0.2) is 34.9 Å². The molecule has 11 heteroatoms. The topological polar surface area (TPSA) is 106 Å². The molecular formula is C18H18Cl2N4O4S. The minimum absolute atomic E-state index is 0.0132. The highest BCUT2D eigenvalue weighted by Gasteiger charge is 2.26. The Balaban J connectivity index is 2.07. The normalized spacial score (nSPS) is 15.0. The number of benzene rings is 1. The molecule has 0 spiro atoms. The van der Waals surface area contributed by atoms with E-state index in [1.165, 1.54) is 30.3 Å². The largest absolute Gasteiger partial charge is 0.374 e. The number of halogens is 2. The molecule has 0 saturated carbocycles. The molecule has 2 heterocycles. The molecule has 0 aliphatic carbocycles. The number of likely N-dealkylation sites (tertiary alicyclic amines) is 1. The van der Waals surface area contributed by atoms with Crippen molar-refractivity contribution in [2.45, 2.75) is 24.7 Å². The van der Waals surface area contributed by atoms with Gasteiger partial charge in [0.25, 0.3) is 0 Å². The van der Waals surface area contributed by atoms with Crippen molar-refractivity contribution in [3.05, 3.63) is 61.8 Å². The summed E-state index contributed by atoms with van der Waals surface area (Å²) < 4.78 is 25.9. The summed E-state index contributed by atoms with van der Waals surface area (Å²) >= 11 is 11.8. The Bertz CT molecular complexity index is 1070. The first kappa shape index (κ1) is 21.5. The van der Waals surface area contributed by atoms with E-state index in [-0.39, 0.29) is 27.3 Å². The Morgan fingerprint density at radius 1 is 1.21 bits per heavy atom. The molecule has 154 valence electrons. The SMILES string of the molecule is Cc1nc(Cl)c([N+](=O)[O-])c(/C=C(/CS(=O)(=O)c2ccc(Cl)cc2)N2CCCC2)n1. The van der Waals surface area contributed by atoms with E-state index in [1.54, 1.807) is 6.92 Å². The number of nitro groups is 1. The highest BCUT2D eigenvalue weighted by Crippen LogP contribution is 2.29. The van der Waals surface area contributed by atoms with Crippen LogP contribution in [0.2, 0.25) is 10.2 Å². The highest BCUT2D eigenvalue weighted by molar-refractivity contribution is 7.91. The van der Waals surface area contributed by atoms with Crippen molar-refractivity contribution in [1.82, 2.24) is 14.9 Å². The number of hydrogen-bond donors (Lipinski definition) is 0. The van der Waals surface area contributed by atoms with Gasteiger partial charge >= 0.3 is 5.69 Å². The summed E-state index contributed by atoms with van der Waals surface area (Å²) in [6, 6.07) is 5.89. The van der Waals surface area contributed by atoms with Gasteiger partial charge in [0.2, 0.25) is 5.15 Å². The fraction of sp³-hybridized carbons (Fsp3) is 0.333. The van der Waals surface area contributed by atoms with Crippen LogP contribution in [0.3, 0.4) is 0 Å². The average Bonchev–Trinajstić information content (AvgIpc) is 3.15. The van der Waals surface area contributed by atoms with Crippen LogP contribution in [-0.2, 0) is 9.84 Å². The van der Waals surface area contributed by atoms with Gasteiger partial charge in [-0.1, -0.05) is 23.2 Å². The fourth-order valence-electron chi connectivity index (χ4n) is 3.13. The second-order valence-electron chi connectivity index (χ2n) is 6.60. The minimum atomic E-state index is -3.70. The van der Waals surface area contributed by atoms with Crippen molar-refractivity contribution in [2.75, 3.05) is 18.8 Å². The van der Waals surface area contributed by atoms with E-state index in [4.69, 9.17) is 23.2 Å². The Morgan fingerprint density at radius 3 is 2.41 bits per heavy atom. The number of aryl methyl sites for hydroxylation is 1. The zero-order valence-corrected chi connectivity index (χ0v) is 17.8. The zero-order valence-electron chi connectivity index (χ0n) is 15.5. The second kappa shape index (κ2) is 8.64. The lowest BCUT2D eigenvalue weighted by molar-refractivity contribution is -0.385. The van der Waals surface area contributed by atoms with E-state index in [9.17, 15) is 18.5 Å². The van der Waals surface area contributed by atoms with Crippen LogP contribution in [0.1, 0.15) is 24.4 Å². The van der Waals surface area contributed by atoms with Crippen LogP contribution < -0.4 is 0 Å². The van der Waals surface area contributed by atoms with Crippen molar-refractivity contribution < 1.29 is 13.3 Å². The maximum atomic E-state index is 13.0. The third kappa shape index (κ3) is 5.04. The van der Waals surface area contributed by atoms with Gasteiger partial charge in [-0.05, 0) is 50.1 Å². The van der Waals surface area contributed by atoms with Crippen molar-refractivity contribution in [3.63, 3.8) is 0 Å². The van der Waals surface area contributed by atoms with Crippen LogP contribution in [0.25, 0.3) is 6.08 Å². The molecule has 0 unspecified atom stereocenters. The lowest BCUT2D eigenvalue weighted by Crippen LogP contribution is -2.24. The molecule has 0 N–H and O–H groups in total. The van der Waals surface area contributed by atoms with Gasteiger partial charge in [-0.3, -0.25) is 10.1 Å². The highest BCUT2D eigenvalue weighted by atomic mass is 35.5. The zero-order chi connectivity index (χ0) is 21.2. The van der Waals surface area contributed by atoms with E-state index in [1.807, 2.05) is 4.90 Å². The molecule has 3 rings (SSSR count). The van der Waals surface area contributed by atoms with E-state index >= 15 is 0 Å². The minimum Gasteiger partial charge on any atom is -0.374 e. The van der Waals surface area contributed by atoms with E-state index in [0.717, 1.165) is 12.8 Å². The van der Waals surface area contributed by atoms with Crippen molar-refractivity contribution in [1.29, 1.82) is 0 Å². The van der Waals surface area contributed by atoms with E-state index < -0.39 is 20.4 Å². The molecule has 0 atom stereocenters. The molecule has 1 saturated heterocycles. The van der Waals surface area contributed by atoms with E-state index in [2.05, 4.69) is 9.97 Å². The van der Waals surface area contributed by atoms with Gasteiger partial charge < -0.3 is 4.90 Å². The molecule has 0 bridgehead atoms. The summed E-state index contributed by atoms with van der Waals surface area (Å²) in [5.74, 6) is -0.0694. The molecule has 29 heavy (non-hydrogen) atoms. The maximum Gasteiger partial charge on any atom is 0.331 e. The maximum absolute atomic E-state index is 13.0. The number of aromatic nitrogens is 2. The van der Waals surface area contributed by atoms with Crippen LogP contribution in [0.5, 0.6) is 0 Å². The molecule has 1 aliphatic heterocycles. The van der Waals surface area contributed by atoms with Gasteiger partial charge in [0.15, 0.2) is 9.84 Å². The standard InChI is InChI=1S/C18H18Cl2N4O4S/c1-12-21-16(17(24(25)26)18(20)22-12)10-14(23-8-2-3-9-23)11-29(27,28)15-6-4-13(19)5-7-15/h4-7,10H,2-3,8-9,11H2,1H3/b14-10-. The molecule has 1 aliphatic rings. The third-order valence-electron chi connectivity index (χ3n) is 4.49. The first-order valence-corrected chi connectivity index (χ1v) is 11.2. The Morgan fingerprint density at radius 2 is 1.83 bits per heavy atom. The summed E-state index contributed by atoms with van der Waals surface area (Å²) in [7, 11) is -3.70. The molecule has 1 aromatic carbocycles. The van der Waals surface area contributed by atoms with Crippen molar-refractivity contribution in [2.24, 2.45) is 0 Å². The van der Waals surface area contributed by atoms with Crippen molar-refractivity contribution >= 4 is 44.8 Å². The predicted molar refractivity (Wildman–Crippen MR) is 111 cm³/mol. The van der Waals surface area contributed by atoms with Gasteiger partial charge in [-0.2, -0.15) is 0 Å². The van der Waals surface area contributed by atoms with Crippen LogP contribution in [0.4, 0.5) is 5.69 Å². The molecule has 1 fully saturated rings. The Kier molecular flexibility index (Phi) is 6.40. The summed E-state index contributed by atoms with van der Waals surface area (Å²) in [6.07, 6.45) is 3.24. The second-order valence-corrected chi connectivity index (χ2v) is 9.38. The first-order valence-electron chi connectivity index (χ1n) is 8.80. The monoisotopic (exact) mass is 456 g/mol. The van der Waals surface area contributed by atoms with Gasteiger partial charge in [-0.15, -0.1) is 0 Å². The van der Waals surface area contributed by atoms with Crippen LogP contribution >= 0.6 is 23.2 Å². The van der Waals surface area contributed by atoms with Gasteiger partial charge in [0.05, 0.1) is 15.6 Å². The van der Waals surface area contributed by atoms with Crippen LogP contribution in [0, 0.1) is 17.0 Å². The molecule has 0 amide bonds. The summed E-state index contributed by atoms with van der Waals surface area (Å²) in [6.45, 7) is 2.88.